The Kier molecular flexibility index (Phi) is 6.51. The molecule has 0 saturated heterocycles. The van der Waals surface area contributed by atoms with E-state index in [0.29, 0.717) is 5.30 Å². The Bertz CT molecular complexity index is 183. The van der Waals surface area contributed by atoms with Gasteiger partial charge in [-0.3, -0.25) is 0 Å². The van der Waals surface area contributed by atoms with E-state index in [1.54, 1.807) is 24.3 Å². The first-order valence-corrected chi connectivity index (χ1v) is 3.78. The summed E-state index contributed by atoms with van der Waals surface area (Å²) in [5.74, 6) is 0. The van der Waals surface area contributed by atoms with Gasteiger partial charge < -0.3 is 11.2 Å². The van der Waals surface area contributed by atoms with E-state index >= 15 is 0 Å². The van der Waals surface area contributed by atoms with Gasteiger partial charge in [0.05, 0.1) is 0 Å². The fourth-order valence-corrected chi connectivity index (χ4v) is 1.00. The van der Waals surface area contributed by atoms with Gasteiger partial charge in [-0.2, -0.15) is 0 Å². The molecule has 0 atom stereocenters. The average Bonchev–Trinajstić information content (AvgIpc) is 1.90. The van der Waals surface area contributed by atoms with E-state index in [1.165, 1.54) is 0 Å². The van der Waals surface area contributed by atoms with Crippen LogP contribution >= 0.6 is 8.38 Å². The molecule has 2 N–H and O–H groups in total. The molecule has 1 aromatic carbocycles. The minimum atomic E-state index is -1.90. The predicted octanol–water partition coefficient (Wildman–Crippen LogP) is -2.28. The molecule has 0 radical (unpaired) electrons. The first-order valence-electron chi connectivity index (χ1n) is 2.53. The third-order valence-electron chi connectivity index (χ3n) is 0.987. The minimum absolute atomic E-state index is 0. The van der Waals surface area contributed by atoms with Crippen molar-refractivity contribution in [2.75, 3.05) is 0 Å². The molecule has 50 valence electrons. The van der Waals surface area contributed by atoms with Crippen LogP contribution in [0.1, 0.15) is 1.43 Å². The van der Waals surface area contributed by atoms with Crippen molar-refractivity contribution in [2.45, 2.75) is 0 Å². The number of benzene rings is 1. The molecule has 4 heteroatoms. The maximum Gasteiger partial charge on any atom is 1.00 e. The van der Waals surface area contributed by atoms with Crippen LogP contribution in [0.4, 0.5) is 0 Å². The normalized spacial score (nSPS) is 9.10. The van der Waals surface area contributed by atoms with E-state index in [9.17, 15) is 0 Å². The summed E-state index contributed by atoms with van der Waals surface area (Å²) in [5, 5.41) is 0.590. The molecule has 0 spiro atoms. The van der Waals surface area contributed by atoms with Crippen LogP contribution in [0.25, 0.3) is 0 Å². The summed E-state index contributed by atoms with van der Waals surface area (Å²) in [6.45, 7) is 0. The summed E-state index contributed by atoms with van der Waals surface area (Å²) in [7, 11) is -1.90. The van der Waals surface area contributed by atoms with Gasteiger partial charge in [0.25, 0.3) is 0 Å². The summed E-state index contributed by atoms with van der Waals surface area (Å²) in [4.78, 5) is 17.3. The van der Waals surface area contributed by atoms with Crippen LogP contribution in [0.5, 0.6) is 0 Å². The molecular weight excluding hydrogens is 174 g/mol. The SMILES string of the molecule is OP(O)c1ccccc1.[H-].[K+]. The van der Waals surface area contributed by atoms with Crippen molar-refractivity contribution in [2.24, 2.45) is 0 Å². The van der Waals surface area contributed by atoms with Crippen molar-refractivity contribution >= 4 is 13.7 Å². The first-order chi connectivity index (χ1) is 4.30. The van der Waals surface area contributed by atoms with Crippen molar-refractivity contribution in [3.8, 4) is 0 Å². The standard InChI is InChI=1S/C6H7O2P.K.H/c7-9(8)6-4-2-1-3-5-6;;/h1-5,7-8H;;/q;+1;-1. The topological polar surface area (TPSA) is 40.5 Å². The fraction of sp³-hybridized carbons (Fsp3) is 0. The molecule has 0 fully saturated rings. The molecule has 2 nitrogen and oxygen atoms in total. The van der Waals surface area contributed by atoms with E-state index in [0.717, 1.165) is 0 Å². The molecule has 0 amide bonds. The van der Waals surface area contributed by atoms with Crippen molar-refractivity contribution in [1.29, 1.82) is 0 Å². The molecule has 0 aliphatic rings. The van der Waals surface area contributed by atoms with E-state index in [-0.39, 0.29) is 52.8 Å². The van der Waals surface area contributed by atoms with Gasteiger partial charge >= 0.3 is 51.4 Å². The largest absolute Gasteiger partial charge is 1.00 e. The molecule has 1 rings (SSSR count). The number of hydrogen-bond acceptors (Lipinski definition) is 2. The zero-order valence-corrected chi connectivity index (χ0v) is 9.75. The van der Waals surface area contributed by atoms with Crippen molar-refractivity contribution in [1.82, 2.24) is 0 Å². The Morgan fingerprint density at radius 3 is 1.90 bits per heavy atom. The average molecular weight is 182 g/mol. The Labute approximate surface area is 105 Å². The summed E-state index contributed by atoms with van der Waals surface area (Å²) in [5.41, 5.74) is 0. The summed E-state index contributed by atoms with van der Waals surface area (Å²) < 4.78 is 0. The van der Waals surface area contributed by atoms with Crippen molar-refractivity contribution < 1.29 is 62.6 Å². The first kappa shape index (κ1) is 11.2. The minimum Gasteiger partial charge on any atom is -1.00 e. The third kappa shape index (κ3) is 3.55. The van der Waals surface area contributed by atoms with Crippen LogP contribution in [0.3, 0.4) is 0 Å². The fourth-order valence-electron chi connectivity index (χ4n) is 0.561. The second-order valence-corrected chi connectivity index (χ2v) is 2.72. The van der Waals surface area contributed by atoms with Crippen molar-refractivity contribution in [3.05, 3.63) is 30.3 Å². The van der Waals surface area contributed by atoms with Crippen LogP contribution in [0, 0.1) is 0 Å². The molecule has 0 aliphatic carbocycles. The van der Waals surface area contributed by atoms with Gasteiger partial charge in [0.2, 0.25) is 0 Å². The molecule has 1 aromatic rings. The summed E-state index contributed by atoms with van der Waals surface area (Å²) >= 11 is 0. The predicted molar refractivity (Wildman–Crippen MR) is 38.5 cm³/mol. The Morgan fingerprint density at radius 1 is 1.10 bits per heavy atom. The van der Waals surface area contributed by atoms with Crippen LogP contribution < -0.4 is 56.7 Å². The molecule has 0 aromatic heterocycles. The van der Waals surface area contributed by atoms with E-state index in [4.69, 9.17) is 9.79 Å². The Morgan fingerprint density at radius 2 is 1.60 bits per heavy atom. The number of hydrogen-bond donors (Lipinski definition) is 2. The van der Waals surface area contributed by atoms with Gasteiger partial charge in [-0.25, -0.2) is 0 Å². The van der Waals surface area contributed by atoms with Gasteiger partial charge in [0.15, 0.2) is 8.38 Å². The third-order valence-corrected chi connectivity index (χ3v) is 1.75. The molecule has 0 unspecified atom stereocenters. The maximum absolute atomic E-state index is 8.64. The van der Waals surface area contributed by atoms with Gasteiger partial charge in [0.1, 0.15) is 0 Å². The number of rotatable bonds is 1. The molecule has 0 heterocycles. The van der Waals surface area contributed by atoms with Crippen LogP contribution in [-0.4, -0.2) is 9.79 Å². The van der Waals surface area contributed by atoms with E-state index < -0.39 is 8.38 Å². The second kappa shape index (κ2) is 5.81. The van der Waals surface area contributed by atoms with Crippen LogP contribution in [0.2, 0.25) is 0 Å². The monoisotopic (exact) mass is 182 g/mol. The van der Waals surface area contributed by atoms with E-state index in [2.05, 4.69) is 0 Å². The maximum atomic E-state index is 8.64. The molecule has 0 bridgehead atoms. The van der Waals surface area contributed by atoms with E-state index in [1.807, 2.05) is 6.07 Å². The van der Waals surface area contributed by atoms with Gasteiger partial charge in [0, 0.05) is 5.30 Å². The summed E-state index contributed by atoms with van der Waals surface area (Å²) in [6.07, 6.45) is 0. The van der Waals surface area contributed by atoms with Gasteiger partial charge in [-0.1, -0.05) is 18.2 Å². The smallest absolute Gasteiger partial charge is 1.00 e. The van der Waals surface area contributed by atoms with Crippen LogP contribution in [-0.2, 0) is 0 Å². The quantitative estimate of drug-likeness (QED) is 0.379. The van der Waals surface area contributed by atoms with Crippen LogP contribution in [0.15, 0.2) is 30.3 Å². The van der Waals surface area contributed by atoms with Gasteiger partial charge in [-0.05, 0) is 12.1 Å². The second-order valence-electron chi connectivity index (χ2n) is 1.62. The Balaban J connectivity index is 0. The zero-order chi connectivity index (χ0) is 6.69. The molecule has 0 saturated carbocycles. The zero-order valence-electron chi connectivity index (χ0n) is 6.73. The molecular formula is C6H8KO2P. The molecule has 0 aliphatic heterocycles. The summed E-state index contributed by atoms with van der Waals surface area (Å²) in [6, 6.07) is 8.76. The van der Waals surface area contributed by atoms with Gasteiger partial charge in [-0.15, -0.1) is 0 Å². The molecule has 10 heavy (non-hydrogen) atoms. The van der Waals surface area contributed by atoms with Crippen molar-refractivity contribution in [3.63, 3.8) is 0 Å². The Hall–Kier alpha value is 1.21.